The first-order valence-corrected chi connectivity index (χ1v) is 12.2. The highest BCUT2D eigenvalue weighted by Gasteiger charge is 2.20. The van der Waals surface area contributed by atoms with E-state index < -0.39 is 11.6 Å². The molecule has 5 rings (SSSR count). The summed E-state index contributed by atoms with van der Waals surface area (Å²) in [5.74, 6) is 0.0281. The van der Waals surface area contributed by atoms with Crippen LogP contribution in [0.1, 0.15) is 38.2 Å². The topological polar surface area (TPSA) is 83.8 Å². The zero-order chi connectivity index (χ0) is 26.2. The van der Waals surface area contributed by atoms with Crippen LogP contribution >= 0.6 is 11.6 Å². The molecule has 0 aliphatic carbocycles. The van der Waals surface area contributed by atoms with Crippen molar-refractivity contribution in [2.75, 3.05) is 5.32 Å². The second kappa shape index (κ2) is 9.84. The van der Waals surface area contributed by atoms with Gasteiger partial charge in [0, 0.05) is 53.1 Å². The zero-order valence-corrected chi connectivity index (χ0v) is 21.3. The molecule has 0 aliphatic heterocycles. The molecule has 1 atom stereocenters. The van der Waals surface area contributed by atoms with E-state index in [1.54, 1.807) is 50.9 Å². The van der Waals surface area contributed by atoms with Gasteiger partial charge in [0.25, 0.3) is 0 Å². The van der Waals surface area contributed by atoms with Gasteiger partial charge in [-0.15, -0.1) is 0 Å². The van der Waals surface area contributed by atoms with Gasteiger partial charge in [-0.1, -0.05) is 29.8 Å². The lowest BCUT2D eigenvalue weighted by atomic mass is 9.99. The summed E-state index contributed by atoms with van der Waals surface area (Å²) in [5.41, 5.74) is 4.20. The molecule has 0 bridgehead atoms. The van der Waals surface area contributed by atoms with Crippen molar-refractivity contribution < 1.29 is 9.50 Å². The Bertz CT molecular complexity index is 1570. The molecule has 0 saturated carbocycles. The molecule has 37 heavy (non-hydrogen) atoms. The van der Waals surface area contributed by atoms with Crippen molar-refractivity contribution in [1.29, 1.82) is 0 Å². The molecule has 3 aromatic heterocycles. The third-order valence-corrected chi connectivity index (χ3v) is 6.46. The van der Waals surface area contributed by atoms with Gasteiger partial charge in [0.1, 0.15) is 11.4 Å². The average molecular weight is 514 g/mol. The second-order valence-corrected chi connectivity index (χ2v) is 9.82. The van der Waals surface area contributed by atoms with Gasteiger partial charge in [-0.3, -0.25) is 9.97 Å². The zero-order valence-electron chi connectivity index (χ0n) is 20.6. The fraction of sp³-hybridized carbons (Fsp3) is 0.172. The van der Waals surface area contributed by atoms with Crippen LogP contribution < -0.4 is 5.32 Å². The normalized spacial score (nSPS) is 12.5. The Balaban J connectivity index is 1.51. The van der Waals surface area contributed by atoms with Crippen LogP contribution in [0.25, 0.3) is 33.2 Å². The Morgan fingerprint density at radius 1 is 0.892 bits per heavy atom. The fourth-order valence-electron chi connectivity index (χ4n) is 4.17. The summed E-state index contributed by atoms with van der Waals surface area (Å²) in [6.45, 7) is 5.17. The van der Waals surface area contributed by atoms with E-state index in [1.807, 2.05) is 43.3 Å². The molecule has 186 valence electrons. The number of halogens is 2. The predicted octanol–water partition coefficient (Wildman–Crippen LogP) is 6.95. The Labute approximate surface area is 219 Å². The van der Waals surface area contributed by atoms with E-state index in [2.05, 4.69) is 25.3 Å². The van der Waals surface area contributed by atoms with Crippen molar-refractivity contribution in [2.24, 2.45) is 0 Å². The van der Waals surface area contributed by atoms with E-state index in [0.717, 1.165) is 33.2 Å². The van der Waals surface area contributed by atoms with Gasteiger partial charge in [-0.25, -0.2) is 14.4 Å². The van der Waals surface area contributed by atoms with E-state index in [9.17, 15) is 9.50 Å². The smallest absolute Gasteiger partial charge is 0.159 e. The molecule has 0 fully saturated rings. The molecular formula is C29H25ClFN5O. The number of pyridine rings is 2. The number of benzene rings is 2. The third kappa shape index (κ3) is 5.14. The molecule has 0 amide bonds. The molecule has 0 radical (unpaired) electrons. The Hall–Kier alpha value is -3.94. The molecule has 0 unspecified atom stereocenters. The summed E-state index contributed by atoms with van der Waals surface area (Å²) in [6, 6.07) is 14.2. The van der Waals surface area contributed by atoms with Crippen LogP contribution in [-0.4, -0.2) is 25.0 Å². The summed E-state index contributed by atoms with van der Waals surface area (Å²) in [6.07, 6.45) is 8.39. The first-order chi connectivity index (χ1) is 17.7. The van der Waals surface area contributed by atoms with E-state index in [1.165, 1.54) is 6.07 Å². The number of nitrogens with zero attached hydrogens (tertiary/aromatic N) is 4. The minimum Gasteiger partial charge on any atom is -0.382 e. The molecule has 3 heterocycles. The van der Waals surface area contributed by atoms with Gasteiger partial charge >= 0.3 is 0 Å². The number of hydrogen-bond acceptors (Lipinski definition) is 6. The highest BCUT2D eigenvalue weighted by Crippen LogP contribution is 2.36. The van der Waals surface area contributed by atoms with Crippen molar-refractivity contribution in [1.82, 2.24) is 19.9 Å². The maximum atomic E-state index is 14.9. The van der Waals surface area contributed by atoms with Crippen LogP contribution in [0.5, 0.6) is 0 Å². The largest absolute Gasteiger partial charge is 0.382 e. The number of nitrogens with one attached hydrogen (secondary N) is 1. The molecule has 5 aromatic rings. The van der Waals surface area contributed by atoms with E-state index in [-0.39, 0.29) is 5.82 Å². The van der Waals surface area contributed by atoms with E-state index in [0.29, 0.717) is 22.1 Å². The lowest BCUT2D eigenvalue weighted by Crippen LogP contribution is -2.19. The van der Waals surface area contributed by atoms with Gasteiger partial charge in [0.15, 0.2) is 5.82 Å². The lowest BCUT2D eigenvalue weighted by Gasteiger charge is -2.20. The van der Waals surface area contributed by atoms with Crippen molar-refractivity contribution in [3.63, 3.8) is 0 Å². The number of hydrogen-bond donors (Lipinski definition) is 2. The number of aliphatic hydroxyl groups is 1. The summed E-state index contributed by atoms with van der Waals surface area (Å²) in [4.78, 5) is 17.2. The van der Waals surface area contributed by atoms with Crippen LogP contribution in [0.4, 0.5) is 10.1 Å². The Kier molecular flexibility index (Phi) is 6.58. The van der Waals surface area contributed by atoms with Gasteiger partial charge in [0.05, 0.1) is 22.3 Å². The summed E-state index contributed by atoms with van der Waals surface area (Å²) in [7, 11) is 0. The maximum Gasteiger partial charge on any atom is 0.159 e. The first kappa shape index (κ1) is 24.7. The third-order valence-electron chi connectivity index (χ3n) is 6.17. The number of anilines is 1. The predicted molar refractivity (Wildman–Crippen MR) is 145 cm³/mol. The summed E-state index contributed by atoms with van der Waals surface area (Å²) >= 11 is 6.59. The van der Waals surface area contributed by atoms with Crippen molar-refractivity contribution in [3.05, 3.63) is 102 Å². The monoisotopic (exact) mass is 513 g/mol. The van der Waals surface area contributed by atoms with E-state index in [4.69, 9.17) is 11.6 Å². The Morgan fingerprint density at radius 2 is 1.62 bits per heavy atom. The average Bonchev–Trinajstić information content (AvgIpc) is 2.90. The molecule has 0 aliphatic rings. The molecule has 2 N–H and O–H groups in total. The number of fused-ring (bicyclic) bond motifs is 1. The van der Waals surface area contributed by atoms with Crippen molar-refractivity contribution in [2.45, 2.75) is 32.4 Å². The minimum atomic E-state index is -1.13. The quantitative estimate of drug-likeness (QED) is 0.255. The molecule has 6 nitrogen and oxygen atoms in total. The maximum absolute atomic E-state index is 14.9. The van der Waals surface area contributed by atoms with Gasteiger partial charge in [-0.2, -0.15) is 0 Å². The van der Waals surface area contributed by atoms with Gasteiger partial charge in [0.2, 0.25) is 0 Å². The highest BCUT2D eigenvalue weighted by molar-refractivity contribution is 6.34. The molecule has 0 spiro atoms. The molecule has 2 aromatic carbocycles. The SMILES string of the molecule is C[C@@H](Nc1c(Cl)cnc2ccc(-c3cnc(C(C)(C)O)nc3)cc12)c1cc(-c2cccnc2)ccc1F. The van der Waals surface area contributed by atoms with Crippen LogP contribution in [-0.2, 0) is 5.60 Å². The Morgan fingerprint density at radius 3 is 2.32 bits per heavy atom. The van der Waals surface area contributed by atoms with Crippen molar-refractivity contribution in [3.8, 4) is 22.3 Å². The minimum absolute atomic E-state index is 0.313. The first-order valence-electron chi connectivity index (χ1n) is 11.8. The van der Waals surface area contributed by atoms with Crippen LogP contribution in [0, 0.1) is 5.82 Å². The highest BCUT2D eigenvalue weighted by atomic mass is 35.5. The van der Waals surface area contributed by atoms with Crippen molar-refractivity contribution >= 4 is 28.2 Å². The molecule has 0 saturated heterocycles. The molecular weight excluding hydrogens is 489 g/mol. The van der Waals surface area contributed by atoms with E-state index >= 15 is 0 Å². The second-order valence-electron chi connectivity index (χ2n) is 9.41. The standard InChI is InChI=1S/C29H25ClFN5O/c1-17(22-11-18(6-8-25(22)31)20-5-4-10-32-13-20)36-27-23-12-19(7-9-26(23)33-16-24(27)30)21-14-34-28(35-15-21)29(2,3)37/h4-17,37H,1-3H3,(H,33,36)/t17-/m1/s1. The lowest BCUT2D eigenvalue weighted by molar-refractivity contribution is 0.0687. The van der Waals surface area contributed by atoms with Crippen LogP contribution in [0.15, 0.2) is 79.5 Å². The molecule has 8 heteroatoms. The summed E-state index contributed by atoms with van der Waals surface area (Å²) < 4.78 is 14.9. The summed E-state index contributed by atoms with van der Waals surface area (Å²) in [5, 5.41) is 14.8. The van der Waals surface area contributed by atoms with Gasteiger partial charge < -0.3 is 10.4 Å². The fourth-order valence-corrected chi connectivity index (χ4v) is 4.38. The number of rotatable bonds is 6. The number of aromatic nitrogens is 4. The van der Waals surface area contributed by atoms with Crippen LogP contribution in [0.3, 0.4) is 0 Å². The van der Waals surface area contributed by atoms with Gasteiger partial charge in [-0.05, 0) is 62.2 Å². The van der Waals surface area contributed by atoms with Crippen LogP contribution in [0.2, 0.25) is 5.02 Å².